The Morgan fingerprint density at radius 2 is 2.14 bits per heavy atom. The maximum atomic E-state index is 12.7. The second-order valence-electron chi connectivity index (χ2n) is 5.99. The van der Waals surface area contributed by atoms with Gasteiger partial charge < -0.3 is 14.6 Å². The maximum Gasteiger partial charge on any atom is 0.227 e. The van der Waals surface area contributed by atoms with Gasteiger partial charge in [-0.15, -0.1) is 0 Å². The van der Waals surface area contributed by atoms with Crippen LogP contribution in [0.5, 0.6) is 0 Å². The van der Waals surface area contributed by atoms with Crippen molar-refractivity contribution >= 4 is 16.8 Å². The molecule has 1 N–H and O–H groups in total. The van der Waals surface area contributed by atoms with Gasteiger partial charge in [0.1, 0.15) is 0 Å². The zero-order valence-electron chi connectivity index (χ0n) is 12.8. The largest absolute Gasteiger partial charge is 0.375 e. The average molecular weight is 286 g/mol. The molecular formula is C17H22N2O2. The smallest absolute Gasteiger partial charge is 0.227 e. The molecule has 1 aromatic heterocycles. The second-order valence-corrected chi connectivity index (χ2v) is 5.99. The van der Waals surface area contributed by atoms with Gasteiger partial charge in [0.2, 0.25) is 5.91 Å². The van der Waals surface area contributed by atoms with Crippen LogP contribution in [0.25, 0.3) is 10.9 Å². The van der Waals surface area contributed by atoms with Crippen molar-refractivity contribution in [2.45, 2.75) is 39.3 Å². The van der Waals surface area contributed by atoms with E-state index < -0.39 is 0 Å². The molecule has 112 valence electrons. The molecule has 1 aliphatic heterocycles. The number of aryl methyl sites for hydroxylation is 1. The molecule has 1 amide bonds. The quantitative estimate of drug-likeness (QED) is 0.922. The Bertz CT molecular complexity index is 662. The molecule has 3 rings (SSSR count). The number of nitrogens with one attached hydrogen (secondary N) is 1. The fourth-order valence-electron chi connectivity index (χ4n) is 3.07. The summed E-state index contributed by atoms with van der Waals surface area (Å²) in [4.78, 5) is 18.0. The SMILES string of the molecule is Cc1[nH]c2ccccc2c1CC(=O)N1CC(C)OCC1C. The summed E-state index contributed by atoms with van der Waals surface area (Å²) in [7, 11) is 0. The third kappa shape index (κ3) is 2.68. The molecule has 1 aromatic carbocycles. The molecule has 0 radical (unpaired) electrons. The molecule has 0 aliphatic carbocycles. The number of hydrogen-bond donors (Lipinski definition) is 1. The lowest BCUT2D eigenvalue weighted by molar-refractivity contribution is -0.142. The zero-order chi connectivity index (χ0) is 15.0. The van der Waals surface area contributed by atoms with Crippen LogP contribution in [0.1, 0.15) is 25.1 Å². The molecule has 1 aliphatic rings. The molecule has 0 saturated carbocycles. The van der Waals surface area contributed by atoms with Gasteiger partial charge in [-0.3, -0.25) is 4.79 Å². The van der Waals surface area contributed by atoms with Crippen LogP contribution >= 0.6 is 0 Å². The molecule has 4 nitrogen and oxygen atoms in total. The normalized spacial score (nSPS) is 22.7. The molecule has 0 bridgehead atoms. The Morgan fingerprint density at radius 1 is 1.38 bits per heavy atom. The summed E-state index contributed by atoms with van der Waals surface area (Å²) < 4.78 is 5.60. The van der Waals surface area contributed by atoms with E-state index in [-0.39, 0.29) is 18.1 Å². The number of nitrogens with zero attached hydrogens (tertiary/aromatic N) is 1. The predicted octanol–water partition coefficient (Wildman–Crippen LogP) is 2.65. The minimum absolute atomic E-state index is 0.120. The number of carbonyl (C=O) groups excluding carboxylic acids is 1. The topological polar surface area (TPSA) is 45.3 Å². The number of rotatable bonds is 2. The van der Waals surface area contributed by atoms with E-state index in [4.69, 9.17) is 4.74 Å². The fourth-order valence-corrected chi connectivity index (χ4v) is 3.07. The Labute approximate surface area is 125 Å². The van der Waals surface area contributed by atoms with Crippen LogP contribution in [0.2, 0.25) is 0 Å². The van der Waals surface area contributed by atoms with E-state index in [0.717, 1.165) is 22.2 Å². The van der Waals surface area contributed by atoms with Gasteiger partial charge >= 0.3 is 0 Å². The van der Waals surface area contributed by atoms with Gasteiger partial charge in [-0.05, 0) is 32.4 Å². The van der Waals surface area contributed by atoms with Crippen molar-refractivity contribution < 1.29 is 9.53 Å². The van der Waals surface area contributed by atoms with E-state index in [9.17, 15) is 4.79 Å². The van der Waals surface area contributed by atoms with Crippen molar-refractivity contribution in [3.05, 3.63) is 35.5 Å². The average Bonchev–Trinajstić information content (AvgIpc) is 2.78. The minimum Gasteiger partial charge on any atom is -0.375 e. The van der Waals surface area contributed by atoms with Crippen molar-refractivity contribution in [3.8, 4) is 0 Å². The fraction of sp³-hybridized carbons (Fsp3) is 0.471. The summed E-state index contributed by atoms with van der Waals surface area (Å²) in [6.45, 7) is 7.41. The predicted molar refractivity (Wildman–Crippen MR) is 83.3 cm³/mol. The van der Waals surface area contributed by atoms with E-state index in [1.54, 1.807) is 0 Å². The molecule has 1 saturated heterocycles. The number of carbonyl (C=O) groups is 1. The summed E-state index contributed by atoms with van der Waals surface area (Å²) in [6, 6.07) is 8.31. The molecular weight excluding hydrogens is 264 g/mol. The third-order valence-electron chi connectivity index (χ3n) is 4.28. The molecule has 4 heteroatoms. The highest BCUT2D eigenvalue weighted by Gasteiger charge is 2.28. The van der Waals surface area contributed by atoms with E-state index in [1.807, 2.05) is 37.8 Å². The highest BCUT2D eigenvalue weighted by Crippen LogP contribution is 2.23. The van der Waals surface area contributed by atoms with Crippen molar-refractivity contribution in [3.63, 3.8) is 0 Å². The van der Waals surface area contributed by atoms with Gasteiger partial charge in [0.15, 0.2) is 0 Å². The van der Waals surface area contributed by atoms with Crippen LogP contribution < -0.4 is 0 Å². The number of benzene rings is 1. The highest BCUT2D eigenvalue weighted by molar-refractivity contribution is 5.90. The van der Waals surface area contributed by atoms with Gasteiger partial charge in [0, 0.05) is 23.1 Å². The minimum atomic E-state index is 0.120. The lowest BCUT2D eigenvalue weighted by atomic mass is 10.1. The van der Waals surface area contributed by atoms with E-state index in [0.29, 0.717) is 19.6 Å². The van der Waals surface area contributed by atoms with E-state index in [1.165, 1.54) is 0 Å². The van der Waals surface area contributed by atoms with E-state index in [2.05, 4.69) is 17.1 Å². The van der Waals surface area contributed by atoms with Gasteiger partial charge in [0.25, 0.3) is 0 Å². The number of hydrogen-bond acceptors (Lipinski definition) is 2. The van der Waals surface area contributed by atoms with Gasteiger partial charge in [0.05, 0.1) is 25.2 Å². The van der Waals surface area contributed by atoms with Crippen LogP contribution in [-0.2, 0) is 16.0 Å². The van der Waals surface area contributed by atoms with Gasteiger partial charge in [-0.1, -0.05) is 18.2 Å². The van der Waals surface area contributed by atoms with Crippen LogP contribution in [0, 0.1) is 6.92 Å². The Balaban J connectivity index is 1.84. The second kappa shape index (κ2) is 5.53. The number of fused-ring (bicyclic) bond motifs is 1. The molecule has 1 fully saturated rings. The standard InChI is InChI=1S/C17H22N2O2/c1-11-10-21-12(2)9-19(11)17(20)8-15-13(3)18-16-7-5-4-6-14(15)16/h4-7,11-12,18H,8-10H2,1-3H3. The van der Waals surface area contributed by atoms with Crippen molar-refractivity contribution in [1.82, 2.24) is 9.88 Å². The summed E-state index contributed by atoms with van der Waals surface area (Å²) in [5.41, 5.74) is 3.29. The summed E-state index contributed by atoms with van der Waals surface area (Å²) in [5.74, 6) is 0.186. The van der Waals surface area contributed by atoms with Crippen molar-refractivity contribution in [2.24, 2.45) is 0 Å². The molecule has 2 atom stereocenters. The van der Waals surface area contributed by atoms with Gasteiger partial charge in [-0.2, -0.15) is 0 Å². The van der Waals surface area contributed by atoms with E-state index >= 15 is 0 Å². The summed E-state index contributed by atoms with van der Waals surface area (Å²) in [6.07, 6.45) is 0.571. The van der Waals surface area contributed by atoms with Crippen LogP contribution in [0.15, 0.2) is 24.3 Å². The lowest BCUT2D eigenvalue weighted by Gasteiger charge is -2.37. The number of aromatic amines is 1. The Kier molecular flexibility index (Phi) is 3.72. The zero-order valence-corrected chi connectivity index (χ0v) is 12.8. The van der Waals surface area contributed by atoms with Crippen LogP contribution in [0.3, 0.4) is 0 Å². The summed E-state index contributed by atoms with van der Waals surface area (Å²) in [5, 5.41) is 1.15. The maximum absolute atomic E-state index is 12.7. The molecule has 21 heavy (non-hydrogen) atoms. The Morgan fingerprint density at radius 3 is 2.95 bits per heavy atom. The van der Waals surface area contributed by atoms with Crippen LogP contribution in [0.4, 0.5) is 0 Å². The molecule has 2 heterocycles. The number of H-pyrrole nitrogens is 1. The van der Waals surface area contributed by atoms with Crippen molar-refractivity contribution in [1.29, 1.82) is 0 Å². The third-order valence-corrected chi connectivity index (χ3v) is 4.28. The first-order valence-corrected chi connectivity index (χ1v) is 7.53. The molecule has 2 unspecified atom stereocenters. The number of ether oxygens (including phenoxy) is 1. The molecule has 0 spiro atoms. The number of para-hydroxylation sites is 1. The first-order valence-electron chi connectivity index (χ1n) is 7.53. The monoisotopic (exact) mass is 286 g/mol. The first-order chi connectivity index (χ1) is 10.1. The van der Waals surface area contributed by atoms with Gasteiger partial charge in [-0.25, -0.2) is 0 Å². The van der Waals surface area contributed by atoms with Crippen molar-refractivity contribution in [2.75, 3.05) is 13.2 Å². The lowest BCUT2D eigenvalue weighted by Crippen LogP contribution is -2.50. The first kappa shape index (κ1) is 14.1. The Hall–Kier alpha value is -1.81. The summed E-state index contributed by atoms with van der Waals surface area (Å²) >= 11 is 0. The van der Waals surface area contributed by atoms with Crippen LogP contribution in [-0.4, -0.2) is 41.1 Å². The molecule has 2 aromatic rings. The number of morpholine rings is 1. The number of amides is 1. The number of aromatic nitrogens is 1. The highest BCUT2D eigenvalue weighted by atomic mass is 16.5.